The average Bonchev–Trinajstić information content (AvgIpc) is 2.10. The van der Waals surface area contributed by atoms with Crippen molar-refractivity contribution in [1.82, 2.24) is 5.32 Å². The van der Waals surface area contributed by atoms with Gasteiger partial charge in [-0.15, -0.1) is 0 Å². The summed E-state index contributed by atoms with van der Waals surface area (Å²) in [6.45, 7) is 10.0. The normalized spacial score (nSPS) is 17.7. The molecule has 0 spiro atoms. The van der Waals surface area contributed by atoms with Crippen LogP contribution in [0.3, 0.4) is 0 Å². The van der Waals surface area contributed by atoms with Crippen molar-refractivity contribution in [1.29, 1.82) is 0 Å². The number of amides is 1. The minimum atomic E-state index is -0.349. The Kier molecular flexibility index (Phi) is 5.97. The maximum Gasteiger partial charge on any atom is 0.224 e. The Labute approximate surface area is 98.6 Å². The van der Waals surface area contributed by atoms with Gasteiger partial charge in [0.1, 0.15) is 0 Å². The highest BCUT2D eigenvalue weighted by atomic mass is 16.3. The molecule has 0 heterocycles. The first-order chi connectivity index (χ1) is 7.15. The van der Waals surface area contributed by atoms with E-state index in [9.17, 15) is 9.90 Å². The number of aliphatic hydroxyl groups excluding tert-OH is 1. The van der Waals surface area contributed by atoms with E-state index in [-0.39, 0.29) is 29.4 Å². The van der Waals surface area contributed by atoms with E-state index < -0.39 is 0 Å². The zero-order valence-electron chi connectivity index (χ0n) is 11.1. The van der Waals surface area contributed by atoms with E-state index in [1.54, 1.807) is 6.92 Å². The minimum Gasteiger partial charge on any atom is -0.393 e. The largest absolute Gasteiger partial charge is 0.393 e. The number of nitrogens with one attached hydrogen (secondary N) is 1. The van der Waals surface area contributed by atoms with Crippen LogP contribution in [0.4, 0.5) is 0 Å². The molecule has 16 heavy (non-hydrogen) atoms. The summed E-state index contributed by atoms with van der Waals surface area (Å²) in [6.07, 6.45) is 0.317. The molecule has 0 fully saturated rings. The molecule has 0 radical (unpaired) electrons. The van der Waals surface area contributed by atoms with Gasteiger partial charge in [-0.1, -0.05) is 20.8 Å². The summed E-state index contributed by atoms with van der Waals surface area (Å²) in [4.78, 5) is 11.7. The lowest BCUT2D eigenvalue weighted by Gasteiger charge is -2.27. The van der Waals surface area contributed by atoms with Gasteiger partial charge in [-0.2, -0.15) is 0 Å². The Hall–Kier alpha value is -0.610. The predicted molar refractivity (Wildman–Crippen MR) is 65.9 cm³/mol. The van der Waals surface area contributed by atoms with Crippen LogP contribution in [-0.2, 0) is 4.79 Å². The number of nitrogens with two attached hydrogens (primary N) is 1. The Morgan fingerprint density at radius 2 is 1.88 bits per heavy atom. The lowest BCUT2D eigenvalue weighted by molar-refractivity contribution is -0.125. The van der Waals surface area contributed by atoms with Crippen LogP contribution < -0.4 is 11.1 Å². The molecule has 0 aromatic carbocycles. The summed E-state index contributed by atoms with van der Waals surface area (Å²) in [7, 11) is 0. The van der Waals surface area contributed by atoms with E-state index in [0.29, 0.717) is 13.0 Å². The lowest BCUT2D eigenvalue weighted by atomic mass is 9.86. The number of hydrogen-bond donors (Lipinski definition) is 3. The van der Waals surface area contributed by atoms with Gasteiger partial charge in [0.2, 0.25) is 5.91 Å². The molecule has 0 bridgehead atoms. The van der Waals surface area contributed by atoms with Crippen molar-refractivity contribution in [3.05, 3.63) is 0 Å². The fraction of sp³-hybridized carbons (Fsp3) is 0.917. The van der Waals surface area contributed by atoms with Gasteiger partial charge in [0.05, 0.1) is 6.10 Å². The number of hydrogen-bond acceptors (Lipinski definition) is 3. The SMILES string of the molecule is CC(O)CC(C)(C)CNC(=O)C(C)C(C)N. The molecule has 0 aliphatic carbocycles. The maximum atomic E-state index is 11.7. The van der Waals surface area contributed by atoms with Crippen molar-refractivity contribution in [3.8, 4) is 0 Å². The Bertz CT molecular complexity index is 225. The van der Waals surface area contributed by atoms with Gasteiger partial charge in [-0.05, 0) is 25.7 Å². The molecular weight excluding hydrogens is 204 g/mol. The van der Waals surface area contributed by atoms with Crippen molar-refractivity contribution in [3.63, 3.8) is 0 Å². The average molecular weight is 230 g/mol. The van der Waals surface area contributed by atoms with E-state index in [1.165, 1.54) is 0 Å². The van der Waals surface area contributed by atoms with Crippen LogP contribution in [0.15, 0.2) is 0 Å². The first kappa shape index (κ1) is 15.4. The molecule has 0 aromatic rings. The van der Waals surface area contributed by atoms with E-state index in [1.807, 2.05) is 27.7 Å². The number of aliphatic hydroxyl groups is 1. The Morgan fingerprint density at radius 3 is 2.25 bits per heavy atom. The van der Waals surface area contributed by atoms with Crippen LogP contribution in [0.25, 0.3) is 0 Å². The van der Waals surface area contributed by atoms with Crippen LogP contribution in [0.1, 0.15) is 41.0 Å². The van der Waals surface area contributed by atoms with Gasteiger partial charge in [-0.3, -0.25) is 4.79 Å². The third-order valence-electron chi connectivity index (χ3n) is 2.79. The molecule has 96 valence electrons. The highest BCUT2D eigenvalue weighted by Crippen LogP contribution is 2.21. The van der Waals surface area contributed by atoms with Crippen molar-refractivity contribution < 1.29 is 9.90 Å². The third kappa shape index (κ3) is 6.08. The molecule has 0 aliphatic rings. The van der Waals surface area contributed by atoms with Gasteiger partial charge < -0.3 is 16.2 Å². The minimum absolute atomic E-state index is 0.0198. The first-order valence-electron chi connectivity index (χ1n) is 5.87. The molecule has 3 unspecified atom stereocenters. The fourth-order valence-corrected chi connectivity index (χ4v) is 1.60. The van der Waals surface area contributed by atoms with Gasteiger partial charge in [0.25, 0.3) is 0 Å². The molecule has 3 atom stereocenters. The topological polar surface area (TPSA) is 75.3 Å². The molecule has 4 nitrogen and oxygen atoms in total. The van der Waals surface area contributed by atoms with Crippen molar-refractivity contribution >= 4 is 5.91 Å². The number of carbonyl (C=O) groups is 1. The molecule has 0 saturated heterocycles. The van der Waals surface area contributed by atoms with Crippen LogP contribution in [0.2, 0.25) is 0 Å². The van der Waals surface area contributed by atoms with Gasteiger partial charge in [0, 0.05) is 18.5 Å². The first-order valence-corrected chi connectivity index (χ1v) is 5.87. The quantitative estimate of drug-likeness (QED) is 0.634. The van der Waals surface area contributed by atoms with Crippen molar-refractivity contribution in [2.45, 2.75) is 53.2 Å². The second-order valence-electron chi connectivity index (χ2n) is 5.58. The van der Waals surface area contributed by atoms with Gasteiger partial charge in [0.15, 0.2) is 0 Å². The summed E-state index contributed by atoms with van der Waals surface area (Å²) >= 11 is 0. The second kappa shape index (κ2) is 6.21. The predicted octanol–water partition coefficient (Wildman–Crippen LogP) is 0.883. The molecule has 4 heteroatoms. The van der Waals surface area contributed by atoms with Crippen LogP contribution in [0.5, 0.6) is 0 Å². The zero-order chi connectivity index (χ0) is 12.9. The van der Waals surface area contributed by atoms with Crippen LogP contribution in [0, 0.1) is 11.3 Å². The Morgan fingerprint density at radius 1 is 1.38 bits per heavy atom. The molecule has 0 saturated carbocycles. The summed E-state index contributed by atoms with van der Waals surface area (Å²) in [5.41, 5.74) is 5.56. The monoisotopic (exact) mass is 230 g/mol. The van der Waals surface area contributed by atoms with Gasteiger partial charge in [-0.25, -0.2) is 0 Å². The van der Waals surface area contributed by atoms with Crippen LogP contribution >= 0.6 is 0 Å². The Balaban J connectivity index is 4.09. The van der Waals surface area contributed by atoms with E-state index in [4.69, 9.17) is 5.73 Å². The highest BCUT2D eigenvalue weighted by Gasteiger charge is 2.23. The van der Waals surface area contributed by atoms with Gasteiger partial charge >= 0.3 is 0 Å². The van der Waals surface area contributed by atoms with Crippen molar-refractivity contribution in [2.75, 3.05) is 6.54 Å². The van der Waals surface area contributed by atoms with E-state index in [2.05, 4.69) is 5.32 Å². The molecule has 4 N–H and O–H groups in total. The van der Waals surface area contributed by atoms with Crippen LogP contribution in [-0.4, -0.2) is 29.7 Å². The highest BCUT2D eigenvalue weighted by molar-refractivity contribution is 5.78. The second-order valence-corrected chi connectivity index (χ2v) is 5.58. The smallest absolute Gasteiger partial charge is 0.224 e. The molecule has 0 rings (SSSR count). The fourth-order valence-electron chi connectivity index (χ4n) is 1.60. The summed E-state index contributed by atoms with van der Waals surface area (Å²) < 4.78 is 0. The summed E-state index contributed by atoms with van der Waals surface area (Å²) in [5, 5.41) is 12.2. The molecule has 0 aromatic heterocycles. The van der Waals surface area contributed by atoms with E-state index in [0.717, 1.165) is 0 Å². The zero-order valence-corrected chi connectivity index (χ0v) is 11.1. The third-order valence-corrected chi connectivity index (χ3v) is 2.79. The summed E-state index contributed by atoms with van der Waals surface area (Å²) in [5.74, 6) is -0.198. The number of rotatable bonds is 6. The van der Waals surface area contributed by atoms with E-state index >= 15 is 0 Å². The molecular formula is C12H26N2O2. The number of carbonyl (C=O) groups excluding carboxylic acids is 1. The maximum absolute atomic E-state index is 11.7. The summed E-state index contributed by atoms with van der Waals surface area (Å²) in [6, 6.07) is -0.139. The molecule has 0 aliphatic heterocycles. The standard InChI is InChI=1S/C12H26N2O2/c1-8(15)6-12(4,5)7-14-11(16)9(2)10(3)13/h8-10,15H,6-7,13H2,1-5H3,(H,14,16). The lowest BCUT2D eigenvalue weighted by Crippen LogP contribution is -2.42. The van der Waals surface area contributed by atoms with Crippen molar-refractivity contribution in [2.24, 2.45) is 17.1 Å². The molecule has 1 amide bonds.